The van der Waals surface area contributed by atoms with Crippen LogP contribution in [0.3, 0.4) is 0 Å². The Morgan fingerprint density at radius 1 is 1.20 bits per heavy atom. The van der Waals surface area contributed by atoms with Crippen LogP contribution in [0.15, 0.2) is 45.8 Å². The van der Waals surface area contributed by atoms with Crippen molar-refractivity contribution in [2.75, 3.05) is 10.5 Å². The lowest BCUT2D eigenvalue weighted by Gasteiger charge is -2.10. The van der Waals surface area contributed by atoms with Gasteiger partial charge < -0.3 is 5.73 Å². The monoisotopic (exact) mass is 378 g/mol. The molecule has 4 nitrogen and oxygen atoms in total. The molecule has 0 aromatic heterocycles. The second kappa shape index (κ2) is 5.59. The normalized spacial score (nSPS) is 11.3. The fourth-order valence-electron chi connectivity index (χ4n) is 1.52. The number of nitrogens with two attached hydrogens (primary N) is 1. The van der Waals surface area contributed by atoms with Gasteiger partial charge in [0.2, 0.25) is 0 Å². The van der Waals surface area contributed by atoms with E-state index in [0.29, 0.717) is 4.47 Å². The van der Waals surface area contributed by atoms with Crippen molar-refractivity contribution in [1.29, 1.82) is 0 Å². The summed E-state index contributed by atoms with van der Waals surface area (Å²) in [5.74, 6) is -0.731. The zero-order valence-electron chi connectivity index (χ0n) is 9.90. The average Bonchev–Trinajstić information content (AvgIpc) is 2.32. The minimum Gasteiger partial charge on any atom is -0.399 e. The Balaban J connectivity index is 2.43. The predicted molar refractivity (Wildman–Crippen MR) is 80.8 cm³/mol. The highest BCUT2D eigenvalue weighted by molar-refractivity contribution is 9.10. The molecule has 0 fully saturated rings. The molecule has 0 bridgehead atoms. The van der Waals surface area contributed by atoms with Crippen molar-refractivity contribution in [3.05, 3.63) is 51.7 Å². The molecule has 106 valence electrons. The van der Waals surface area contributed by atoms with Crippen LogP contribution in [-0.2, 0) is 10.0 Å². The third-order valence-corrected chi connectivity index (χ3v) is 4.54. The molecule has 0 aliphatic carbocycles. The lowest BCUT2D eigenvalue weighted by Crippen LogP contribution is -2.14. The van der Waals surface area contributed by atoms with Gasteiger partial charge in [0.1, 0.15) is 5.82 Å². The quantitative estimate of drug-likeness (QED) is 0.800. The van der Waals surface area contributed by atoms with Gasteiger partial charge in [-0.1, -0.05) is 27.5 Å². The third-order valence-electron chi connectivity index (χ3n) is 2.38. The lowest BCUT2D eigenvalue weighted by atomic mass is 10.3. The van der Waals surface area contributed by atoms with Crippen LogP contribution in [0, 0.1) is 5.82 Å². The van der Waals surface area contributed by atoms with E-state index in [1.165, 1.54) is 12.1 Å². The van der Waals surface area contributed by atoms with Crippen LogP contribution in [-0.4, -0.2) is 8.42 Å². The first-order valence-corrected chi connectivity index (χ1v) is 7.97. The maximum atomic E-state index is 13.2. The molecule has 0 aliphatic rings. The summed E-state index contributed by atoms with van der Waals surface area (Å²) in [5.41, 5.74) is 5.64. The Labute approximate surface area is 128 Å². The molecule has 0 amide bonds. The average molecular weight is 380 g/mol. The Morgan fingerprint density at radius 2 is 1.90 bits per heavy atom. The molecule has 0 spiro atoms. The minimum absolute atomic E-state index is 0.0192. The van der Waals surface area contributed by atoms with Crippen LogP contribution >= 0.6 is 27.5 Å². The molecule has 0 saturated heterocycles. The zero-order valence-corrected chi connectivity index (χ0v) is 13.1. The van der Waals surface area contributed by atoms with Crippen LogP contribution in [0.4, 0.5) is 15.8 Å². The summed E-state index contributed by atoms with van der Waals surface area (Å²) in [6.07, 6.45) is 0. The van der Waals surface area contributed by atoms with E-state index in [1.807, 2.05) is 0 Å². The van der Waals surface area contributed by atoms with Gasteiger partial charge >= 0.3 is 0 Å². The van der Waals surface area contributed by atoms with E-state index < -0.39 is 15.8 Å². The molecule has 20 heavy (non-hydrogen) atoms. The number of nitrogen functional groups attached to an aromatic ring is 1. The standard InChI is InChI=1S/C12H9BrClFN2O2S/c13-7-1-2-11(14)12(3-7)17-20(18,19)10-5-8(15)4-9(16)6-10/h1-6,17H,16H2. The Hall–Kier alpha value is -1.31. The molecule has 0 atom stereocenters. The van der Waals surface area contributed by atoms with Crippen LogP contribution in [0.2, 0.25) is 5.02 Å². The first-order valence-electron chi connectivity index (χ1n) is 5.32. The van der Waals surface area contributed by atoms with Gasteiger partial charge in [-0.2, -0.15) is 0 Å². The molecular weight excluding hydrogens is 371 g/mol. The molecule has 2 rings (SSSR count). The van der Waals surface area contributed by atoms with E-state index in [-0.39, 0.29) is 21.3 Å². The van der Waals surface area contributed by atoms with Gasteiger partial charge in [-0.3, -0.25) is 4.72 Å². The van der Waals surface area contributed by atoms with Gasteiger partial charge in [0, 0.05) is 10.2 Å². The molecule has 2 aromatic rings. The Morgan fingerprint density at radius 3 is 2.55 bits per heavy atom. The van der Waals surface area contributed by atoms with E-state index in [0.717, 1.165) is 18.2 Å². The van der Waals surface area contributed by atoms with Crippen molar-refractivity contribution in [2.45, 2.75) is 4.90 Å². The molecule has 8 heteroatoms. The fraction of sp³-hybridized carbons (Fsp3) is 0. The molecular formula is C12H9BrClFN2O2S. The molecule has 0 unspecified atom stereocenters. The number of rotatable bonds is 3. The summed E-state index contributed by atoms with van der Waals surface area (Å²) < 4.78 is 40.5. The van der Waals surface area contributed by atoms with Crippen molar-refractivity contribution < 1.29 is 12.8 Å². The third kappa shape index (κ3) is 3.41. The molecule has 0 saturated carbocycles. The number of hydrogen-bond donors (Lipinski definition) is 2. The first-order chi connectivity index (χ1) is 9.28. The highest BCUT2D eigenvalue weighted by atomic mass is 79.9. The van der Waals surface area contributed by atoms with Gasteiger partial charge in [0.25, 0.3) is 10.0 Å². The fourth-order valence-corrected chi connectivity index (χ4v) is 3.24. The smallest absolute Gasteiger partial charge is 0.262 e. The van der Waals surface area contributed by atoms with Gasteiger partial charge in [0.15, 0.2) is 0 Å². The van der Waals surface area contributed by atoms with Gasteiger partial charge in [-0.15, -0.1) is 0 Å². The first kappa shape index (κ1) is 15.1. The number of nitrogens with one attached hydrogen (secondary N) is 1. The number of benzene rings is 2. The van der Waals surface area contributed by atoms with Crippen LogP contribution in [0.1, 0.15) is 0 Å². The number of hydrogen-bond acceptors (Lipinski definition) is 3. The zero-order chi connectivity index (χ0) is 14.9. The van der Waals surface area contributed by atoms with Gasteiger partial charge in [-0.25, -0.2) is 12.8 Å². The Kier molecular flexibility index (Phi) is 4.22. The van der Waals surface area contributed by atoms with Crippen LogP contribution in [0.5, 0.6) is 0 Å². The summed E-state index contributed by atoms with van der Waals surface area (Å²) in [6, 6.07) is 7.78. The maximum Gasteiger partial charge on any atom is 0.262 e. The van der Waals surface area contributed by atoms with Crippen molar-refractivity contribution >= 4 is 48.9 Å². The summed E-state index contributed by atoms with van der Waals surface area (Å²) in [5, 5.41) is 0.223. The van der Waals surface area contributed by atoms with E-state index in [2.05, 4.69) is 20.7 Å². The number of halogens is 3. The molecule has 0 heterocycles. The Bertz CT molecular complexity index is 748. The van der Waals surface area contributed by atoms with Crippen molar-refractivity contribution in [3.8, 4) is 0 Å². The maximum absolute atomic E-state index is 13.2. The highest BCUT2D eigenvalue weighted by Gasteiger charge is 2.17. The summed E-state index contributed by atoms with van der Waals surface area (Å²) in [4.78, 5) is -0.272. The van der Waals surface area contributed by atoms with Crippen molar-refractivity contribution in [2.24, 2.45) is 0 Å². The summed E-state index contributed by atoms with van der Waals surface area (Å²) in [7, 11) is -3.97. The topological polar surface area (TPSA) is 72.2 Å². The lowest BCUT2D eigenvalue weighted by molar-refractivity contribution is 0.595. The summed E-state index contributed by atoms with van der Waals surface area (Å²) in [6.45, 7) is 0. The van der Waals surface area contributed by atoms with Crippen LogP contribution < -0.4 is 10.5 Å². The van der Waals surface area contributed by atoms with E-state index in [1.54, 1.807) is 6.07 Å². The minimum atomic E-state index is -3.97. The second-order valence-corrected chi connectivity index (χ2v) is 6.96. The van der Waals surface area contributed by atoms with E-state index in [9.17, 15) is 12.8 Å². The van der Waals surface area contributed by atoms with E-state index in [4.69, 9.17) is 17.3 Å². The van der Waals surface area contributed by atoms with Crippen molar-refractivity contribution in [3.63, 3.8) is 0 Å². The largest absolute Gasteiger partial charge is 0.399 e. The SMILES string of the molecule is Nc1cc(F)cc(S(=O)(=O)Nc2cc(Br)ccc2Cl)c1. The van der Waals surface area contributed by atoms with Gasteiger partial charge in [0.05, 0.1) is 15.6 Å². The highest BCUT2D eigenvalue weighted by Crippen LogP contribution is 2.28. The number of anilines is 2. The van der Waals surface area contributed by atoms with Crippen LogP contribution in [0.25, 0.3) is 0 Å². The van der Waals surface area contributed by atoms with Gasteiger partial charge in [-0.05, 0) is 36.4 Å². The molecule has 0 aliphatic heterocycles. The summed E-state index contributed by atoms with van der Waals surface area (Å²) >= 11 is 9.12. The molecule has 2 aromatic carbocycles. The molecule has 0 radical (unpaired) electrons. The second-order valence-electron chi connectivity index (χ2n) is 3.95. The van der Waals surface area contributed by atoms with Crippen molar-refractivity contribution in [1.82, 2.24) is 0 Å². The number of sulfonamides is 1. The predicted octanol–water partition coefficient (Wildman–Crippen LogP) is 3.62. The van der Waals surface area contributed by atoms with E-state index >= 15 is 0 Å². The molecule has 3 N–H and O–H groups in total.